The summed E-state index contributed by atoms with van der Waals surface area (Å²) in [7, 11) is 0. The molecule has 1 aromatic heterocycles. The fourth-order valence-corrected chi connectivity index (χ4v) is 3.32. The molecule has 0 spiro atoms. The number of benzene rings is 1. The van der Waals surface area contributed by atoms with Gasteiger partial charge in [0, 0.05) is 12.3 Å². The molecule has 1 saturated carbocycles. The average Bonchev–Trinajstić information content (AvgIpc) is 2.70. The van der Waals surface area contributed by atoms with Gasteiger partial charge in [0.25, 0.3) is 5.91 Å². The van der Waals surface area contributed by atoms with Gasteiger partial charge >= 0.3 is 6.09 Å². The highest BCUT2D eigenvalue weighted by Gasteiger charge is 2.37. The second-order valence-corrected chi connectivity index (χ2v) is 8.78. The zero-order valence-electron chi connectivity index (χ0n) is 18.6. The van der Waals surface area contributed by atoms with E-state index in [1.807, 2.05) is 30.3 Å². The van der Waals surface area contributed by atoms with Crippen LogP contribution in [0.4, 0.5) is 4.79 Å². The third-order valence-electron chi connectivity index (χ3n) is 5.11. The van der Waals surface area contributed by atoms with Crippen LogP contribution in [0.2, 0.25) is 0 Å². The number of carbonyl (C=O) groups is 2. The van der Waals surface area contributed by atoms with E-state index >= 15 is 0 Å². The van der Waals surface area contributed by atoms with E-state index in [0.29, 0.717) is 0 Å². The second-order valence-electron chi connectivity index (χ2n) is 8.78. The van der Waals surface area contributed by atoms with Gasteiger partial charge in [-0.3, -0.25) is 9.59 Å². The minimum absolute atomic E-state index is 0.0828. The summed E-state index contributed by atoms with van der Waals surface area (Å²) in [4.78, 5) is 38.3. The minimum atomic E-state index is -0.772. The summed E-state index contributed by atoms with van der Waals surface area (Å²) in [6, 6.07) is 10.5. The number of aromatic nitrogens is 1. The van der Waals surface area contributed by atoms with Gasteiger partial charge in [0.1, 0.15) is 12.2 Å². The van der Waals surface area contributed by atoms with Crippen LogP contribution >= 0.6 is 0 Å². The van der Waals surface area contributed by atoms with Gasteiger partial charge in [-0.1, -0.05) is 36.4 Å². The number of rotatable bonds is 7. The second kappa shape index (κ2) is 9.30. The smallest absolute Gasteiger partial charge is 0.426 e. The summed E-state index contributed by atoms with van der Waals surface area (Å²) >= 11 is 0. The van der Waals surface area contributed by atoms with Crippen LogP contribution in [-0.2, 0) is 11.3 Å². The van der Waals surface area contributed by atoms with E-state index in [4.69, 9.17) is 9.47 Å². The summed E-state index contributed by atoms with van der Waals surface area (Å²) in [5, 5.41) is 2.93. The predicted molar refractivity (Wildman–Crippen MR) is 121 cm³/mol. The number of nitrogens with one attached hydrogen (secondary N) is 2. The monoisotopic (exact) mass is 439 g/mol. The van der Waals surface area contributed by atoms with Crippen LogP contribution < -0.4 is 20.9 Å². The molecule has 1 fully saturated rings. The maximum Gasteiger partial charge on any atom is 0.426 e. The number of amides is 2. The molecule has 0 atom stereocenters. The lowest BCUT2D eigenvalue weighted by Crippen LogP contribution is -2.52. The molecule has 0 unspecified atom stereocenters. The molecule has 1 aromatic carbocycles. The average molecular weight is 440 g/mol. The quantitative estimate of drug-likeness (QED) is 0.641. The van der Waals surface area contributed by atoms with Crippen molar-refractivity contribution in [1.82, 2.24) is 9.99 Å². The molecule has 1 aliphatic rings. The van der Waals surface area contributed by atoms with Crippen LogP contribution in [0, 0.1) is 0 Å². The van der Waals surface area contributed by atoms with Crippen molar-refractivity contribution < 1.29 is 19.1 Å². The third kappa shape index (κ3) is 5.57. The first-order chi connectivity index (χ1) is 15.1. The molecule has 32 heavy (non-hydrogen) atoms. The molecule has 2 aromatic rings. The Morgan fingerprint density at radius 2 is 1.88 bits per heavy atom. The van der Waals surface area contributed by atoms with Crippen LogP contribution in [0.25, 0.3) is 0 Å². The van der Waals surface area contributed by atoms with Crippen LogP contribution in [0.15, 0.2) is 60.0 Å². The van der Waals surface area contributed by atoms with Gasteiger partial charge in [0.15, 0.2) is 11.4 Å². The van der Waals surface area contributed by atoms with E-state index in [9.17, 15) is 14.4 Å². The maximum atomic E-state index is 13.3. The molecule has 0 aliphatic heterocycles. The van der Waals surface area contributed by atoms with Crippen molar-refractivity contribution in [2.24, 2.45) is 0 Å². The summed E-state index contributed by atoms with van der Waals surface area (Å²) in [6.45, 7) is 9.09. The van der Waals surface area contributed by atoms with Crippen molar-refractivity contribution in [3.63, 3.8) is 0 Å². The first kappa shape index (κ1) is 23.1. The van der Waals surface area contributed by atoms with E-state index in [1.165, 1.54) is 12.3 Å². The third-order valence-corrected chi connectivity index (χ3v) is 5.11. The van der Waals surface area contributed by atoms with Crippen LogP contribution in [0.1, 0.15) is 56.1 Å². The molecule has 3 rings (SSSR count). The molecular formula is C24H29N3O5. The normalized spacial score (nSPS) is 14.6. The Morgan fingerprint density at radius 1 is 1.19 bits per heavy atom. The summed E-state index contributed by atoms with van der Waals surface area (Å²) in [5.41, 5.74) is 1.45. The highest BCUT2D eigenvalue weighted by molar-refractivity contribution is 5.96. The van der Waals surface area contributed by atoms with Gasteiger partial charge in [0.2, 0.25) is 5.43 Å². The summed E-state index contributed by atoms with van der Waals surface area (Å²) in [6.07, 6.45) is 4.69. The standard InChI is InChI=1S/C24H29N3O5/c1-5-24(13-9-14-24)25-21(29)19-20(31-16-17-10-7-6-8-11-17)18(28)12-15-27(19)26-22(30)32-23(2,3)4/h5-8,10-12,15H,1,9,13-14,16H2,2-4H3,(H,25,29)(H,26,30). The Morgan fingerprint density at radius 3 is 2.44 bits per heavy atom. The van der Waals surface area contributed by atoms with Crippen LogP contribution in [0.5, 0.6) is 5.75 Å². The number of pyridine rings is 1. The molecule has 0 saturated heterocycles. The van der Waals surface area contributed by atoms with Crippen molar-refractivity contribution in [3.8, 4) is 5.75 Å². The maximum absolute atomic E-state index is 13.3. The molecule has 0 radical (unpaired) electrons. The fraction of sp³-hybridized carbons (Fsp3) is 0.375. The molecule has 8 nitrogen and oxygen atoms in total. The fourth-order valence-electron chi connectivity index (χ4n) is 3.32. The van der Waals surface area contributed by atoms with Gasteiger partial charge in [-0.05, 0) is 45.6 Å². The Kier molecular flexibility index (Phi) is 6.72. The Balaban J connectivity index is 1.96. The molecule has 170 valence electrons. The largest absolute Gasteiger partial charge is 0.482 e. The zero-order chi connectivity index (χ0) is 23.4. The number of nitrogens with zero attached hydrogens (tertiary/aromatic N) is 1. The molecule has 2 amide bonds. The lowest BCUT2D eigenvalue weighted by molar-refractivity contribution is 0.0612. The summed E-state index contributed by atoms with van der Waals surface area (Å²) in [5.74, 6) is -0.718. The van der Waals surface area contributed by atoms with Gasteiger partial charge in [-0.15, -0.1) is 6.58 Å². The van der Waals surface area contributed by atoms with Gasteiger partial charge in [-0.25, -0.2) is 14.9 Å². The van der Waals surface area contributed by atoms with Crippen molar-refractivity contribution >= 4 is 12.0 Å². The van der Waals surface area contributed by atoms with Crippen LogP contribution in [0.3, 0.4) is 0 Å². The van der Waals surface area contributed by atoms with Crippen molar-refractivity contribution in [3.05, 3.63) is 76.7 Å². The first-order valence-electron chi connectivity index (χ1n) is 10.5. The molecule has 1 heterocycles. The zero-order valence-corrected chi connectivity index (χ0v) is 18.6. The Bertz CT molecular complexity index is 1050. The number of ether oxygens (including phenoxy) is 2. The SMILES string of the molecule is C=CC1(NC(=O)c2c(OCc3ccccc3)c(=O)ccn2NC(=O)OC(C)(C)C)CCC1. The van der Waals surface area contributed by atoms with Gasteiger partial charge < -0.3 is 14.8 Å². The first-order valence-corrected chi connectivity index (χ1v) is 10.5. The van der Waals surface area contributed by atoms with E-state index in [-0.39, 0.29) is 18.1 Å². The van der Waals surface area contributed by atoms with E-state index in [1.54, 1.807) is 26.8 Å². The van der Waals surface area contributed by atoms with E-state index in [0.717, 1.165) is 29.5 Å². The van der Waals surface area contributed by atoms with E-state index < -0.39 is 28.6 Å². The van der Waals surface area contributed by atoms with E-state index in [2.05, 4.69) is 17.3 Å². The molecule has 0 bridgehead atoms. The number of carbonyl (C=O) groups excluding carboxylic acids is 2. The molecule has 8 heteroatoms. The topological polar surface area (TPSA) is 98.7 Å². The molecular weight excluding hydrogens is 410 g/mol. The minimum Gasteiger partial charge on any atom is -0.482 e. The predicted octanol–water partition coefficient (Wildman–Crippen LogP) is 3.74. The van der Waals surface area contributed by atoms with Crippen molar-refractivity contribution in [2.45, 2.75) is 57.8 Å². The molecule has 2 N–H and O–H groups in total. The number of hydrogen-bond acceptors (Lipinski definition) is 5. The highest BCUT2D eigenvalue weighted by atomic mass is 16.6. The van der Waals surface area contributed by atoms with Gasteiger partial charge in [0.05, 0.1) is 5.54 Å². The molecule has 1 aliphatic carbocycles. The van der Waals surface area contributed by atoms with Crippen molar-refractivity contribution in [1.29, 1.82) is 0 Å². The lowest BCUT2D eigenvalue weighted by atomic mass is 9.77. The van der Waals surface area contributed by atoms with Gasteiger partial charge in [-0.2, -0.15) is 0 Å². The highest BCUT2D eigenvalue weighted by Crippen LogP contribution is 2.33. The Labute approximate surface area is 187 Å². The number of hydrogen-bond donors (Lipinski definition) is 2. The lowest BCUT2D eigenvalue weighted by Gasteiger charge is -2.40. The van der Waals surface area contributed by atoms with Crippen molar-refractivity contribution in [2.75, 3.05) is 5.43 Å². The Hall–Kier alpha value is -3.55. The summed E-state index contributed by atoms with van der Waals surface area (Å²) < 4.78 is 12.2. The van der Waals surface area contributed by atoms with Crippen LogP contribution in [-0.4, -0.2) is 27.8 Å².